The molecular weight excluding hydrogens is 316 g/mol. The Morgan fingerprint density at radius 3 is 2.67 bits per heavy atom. The predicted molar refractivity (Wildman–Crippen MR) is 75.3 cm³/mol. The Morgan fingerprint density at radius 2 is 2.14 bits per heavy atom. The third-order valence-electron chi connectivity index (χ3n) is 3.47. The first kappa shape index (κ1) is 15.8. The second kappa shape index (κ2) is 6.02. The number of sulfonamides is 1. The summed E-state index contributed by atoms with van der Waals surface area (Å²) in [5.74, 6) is -1.42. The molecule has 2 atom stereocenters. The van der Waals surface area contributed by atoms with Gasteiger partial charge in [0.2, 0.25) is 10.0 Å². The molecule has 8 heteroatoms. The lowest BCUT2D eigenvalue weighted by Gasteiger charge is -2.13. The second-order valence-electron chi connectivity index (χ2n) is 4.92. The van der Waals surface area contributed by atoms with E-state index in [-0.39, 0.29) is 21.9 Å². The van der Waals surface area contributed by atoms with Gasteiger partial charge in [0, 0.05) is 6.04 Å². The highest BCUT2D eigenvalue weighted by Crippen LogP contribution is 2.27. The van der Waals surface area contributed by atoms with E-state index in [1.807, 2.05) is 6.07 Å². The fourth-order valence-electron chi connectivity index (χ4n) is 2.35. The van der Waals surface area contributed by atoms with Gasteiger partial charge in [-0.05, 0) is 37.5 Å². The minimum atomic E-state index is -3.78. The van der Waals surface area contributed by atoms with Crippen molar-refractivity contribution in [1.29, 1.82) is 5.26 Å². The van der Waals surface area contributed by atoms with Gasteiger partial charge >= 0.3 is 5.97 Å². The zero-order chi connectivity index (χ0) is 15.6. The van der Waals surface area contributed by atoms with Gasteiger partial charge in [-0.2, -0.15) is 5.26 Å². The van der Waals surface area contributed by atoms with E-state index in [2.05, 4.69) is 4.72 Å². The molecule has 0 heterocycles. The number of hydrogen-bond acceptors (Lipinski definition) is 4. The number of carboxylic acid groups (broad SMARTS) is 1. The Bertz CT molecular complexity index is 711. The van der Waals surface area contributed by atoms with Crippen molar-refractivity contribution in [2.45, 2.75) is 30.2 Å². The van der Waals surface area contributed by atoms with Crippen molar-refractivity contribution in [3.63, 3.8) is 0 Å². The Hall–Kier alpha value is -1.62. The van der Waals surface area contributed by atoms with Crippen LogP contribution in [0.2, 0.25) is 5.02 Å². The molecule has 0 radical (unpaired) electrons. The number of nitrogens with zero attached hydrogens (tertiary/aromatic N) is 1. The third kappa shape index (κ3) is 3.53. The Balaban J connectivity index is 2.15. The number of nitrogens with one attached hydrogen (secondary N) is 1. The van der Waals surface area contributed by atoms with E-state index in [1.54, 1.807) is 0 Å². The Labute approximate surface area is 127 Å². The van der Waals surface area contributed by atoms with Crippen LogP contribution in [-0.2, 0) is 14.8 Å². The zero-order valence-electron chi connectivity index (χ0n) is 10.9. The van der Waals surface area contributed by atoms with Gasteiger partial charge in [0.1, 0.15) is 6.07 Å². The summed E-state index contributed by atoms with van der Waals surface area (Å²) in [6.07, 6.45) is 1.22. The van der Waals surface area contributed by atoms with Crippen molar-refractivity contribution in [3.8, 4) is 6.07 Å². The van der Waals surface area contributed by atoms with Crippen LogP contribution in [0.4, 0.5) is 0 Å². The molecule has 0 bridgehead atoms. The number of carbonyl (C=O) groups is 1. The van der Waals surface area contributed by atoms with Gasteiger partial charge in [0.15, 0.2) is 0 Å². The van der Waals surface area contributed by atoms with Crippen LogP contribution in [0.15, 0.2) is 23.1 Å². The van der Waals surface area contributed by atoms with Crippen molar-refractivity contribution in [2.75, 3.05) is 0 Å². The van der Waals surface area contributed by atoms with E-state index in [4.69, 9.17) is 22.0 Å². The summed E-state index contributed by atoms with van der Waals surface area (Å²) in [4.78, 5) is 10.8. The average Bonchev–Trinajstić information content (AvgIpc) is 2.86. The molecule has 0 amide bonds. The predicted octanol–water partition coefficient (Wildman–Crippen LogP) is 1.74. The smallest absolute Gasteiger partial charge is 0.306 e. The molecule has 21 heavy (non-hydrogen) atoms. The molecule has 1 aliphatic carbocycles. The van der Waals surface area contributed by atoms with Crippen molar-refractivity contribution in [2.24, 2.45) is 5.92 Å². The molecule has 1 saturated carbocycles. The molecule has 0 aromatic heterocycles. The minimum absolute atomic E-state index is 0.0368. The Morgan fingerprint density at radius 1 is 1.43 bits per heavy atom. The molecule has 112 valence electrons. The first-order chi connectivity index (χ1) is 9.83. The SMILES string of the molecule is N#Cc1ccc(S(=O)(=O)NC2CCC(C(=O)O)C2)cc1Cl. The maximum absolute atomic E-state index is 12.2. The highest BCUT2D eigenvalue weighted by Gasteiger charge is 2.32. The summed E-state index contributed by atoms with van der Waals surface area (Å²) in [5, 5.41) is 17.7. The molecule has 1 aromatic carbocycles. The fourth-order valence-corrected chi connectivity index (χ4v) is 3.95. The molecule has 2 rings (SSSR count). The lowest BCUT2D eigenvalue weighted by atomic mass is 10.1. The minimum Gasteiger partial charge on any atom is -0.481 e. The monoisotopic (exact) mass is 328 g/mol. The van der Waals surface area contributed by atoms with Gasteiger partial charge < -0.3 is 5.11 Å². The lowest BCUT2D eigenvalue weighted by molar-refractivity contribution is -0.141. The number of carboxylic acids is 1. The quantitative estimate of drug-likeness (QED) is 0.875. The summed E-state index contributed by atoms with van der Waals surface area (Å²) in [6, 6.07) is 5.31. The number of halogens is 1. The van der Waals surface area contributed by atoms with Crippen molar-refractivity contribution < 1.29 is 18.3 Å². The van der Waals surface area contributed by atoms with Crippen molar-refractivity contribution in [1.82, 2.24) is 4.72 Å². The average molecular weight is 329 g/mol. The van der Waals surface area contributed by atoms with Crippen LogP contribution in [0.25, 0.3) is 0 Å². The van der Waals surface area contributed by atoms with Crippen LogP contribution in [0.5, 0.6) is 0 Å². The van der Waals surface area contributed by atoms with Crippen LogP contribution in [0, 0.1) is 17.2 Å². The largest absolute Gasteiger partial charge is 0.481 e. The van der Waals surface area contributed by atoms with Crippen molar-refractivity contribution >= 4 is 27.6 Å². The van der Waals surface area contributed by atoms with Gasteiger partial charge in [0.05, 0.1) is 21.4 Å². The topological polar surface area (TPSA) is 107 Å². The van der Waals surface area contributed by atoms with Crippen LogP contribution in [-0.4, -0.2) is 25.5 Å². The Kier molecular flexibility index (Phi) is 4.52. The molecule has 2 N–H and O–H groups in total. The van der Waals surface area contributed by atoms with Crippen LogP contribution in [0.3, 0.4) is 0 Å². The zero-order valence-corrected chi connectivity index (χ0v) is 12.5. The maximum Gasteiger partial charge on any atom is 0.306 e. The summed E-state index contributed by atoms with van der Waals surface area (Å²) >= 11 is 5.82. The van der Waals surface area contributed by atoms with Gasteiger partial charge in [-0.1, -0.05) is 11.6 Å². The number of rotatable bonds is 4. The van der Waals surface area contributed by atoms with Crippen LogP contribution in [0.1, 0.15) is 24.8 Å². The summed E-state index contributed by atoms with van der Waals surface area (Å²) in [5.41, 5.74) is 0.197. The first-order valence-corrected chi connectivity index (χ1v) is 8.14. The van der Waals surface area contributed by atoms with Crippen LogP contribution < -0.4 is 4.72 Å². The van der Waals surface area contributed by atoms with E-state index in [1.165, 1.54) is 18.2 Å². The molecule has 6 nitrogen and oxygen atoms in total. The van der Waals surface area contributed by atoms with E-state index in [0.717, 1.165) is 0 Å². The number of aliphatic carboxylic acids is 1. The van der Waals surface area contributed by atoms with Gasteiger partial charge in [-0.25, -0.2) is 13.1 Å². The molecule has 0 saturated heterocycles. The van der Waals surface area contributed by atoms with E-state index in [0.29, 0.717) is 12.8 Å². The summed E-state index contributed by atoms with van der Waals surface area (Å²) < 4.78 is 26.9. The molecule has 1 aliphatic rings. The normalized spacial score (nSPS) is 21.9. The highest BCUT2D eigenvalue weighted by atomic mass is 35.5. The maximum atomic E-state index is 12.2. The molecule has 0 spiro atoms. The molecule has 0 aliphatic heterocycles. The number of nitriles is 1. The lowest BCUT2D eigenvalue weighted by Crippen LogP contribution is -2.33. The summed E-state index contributed by atoms with van der Waals surface area (Å²) in [6.45, 7) is 0. The van der Waals surface area contributed by atoms with Crippen LogP contribution >= 0.6 is 11.6 Å². The molecule has 2 unspecified atom stereocenters. The molecule has 1 fully saturated rings. The number of benzene rings is 1. The van der Waals surface area contributed by atoms with E-state index >= 15 is 0 Å². The van der Waals surface area contributed by atoms with Crippen molar-refractivity contribution in [3.05, 3.63) is 28.8 Å². The van der Waals surface area contributed by atoms with Gasteiger partial charge in [-0.15, -0.1) is 0 Å². The third-order valence-corrected chi connectivity index (χ3v) is 5.31. The summed E-state index contributed by atoms with van der Waals surface area (Å²) in [7, 11) is -3.78. The molecule has 1 aromatic rings. The molecular formula is C13H13ClN2O4S. The highest BCUT2D eigenvalue weighted by molar-refractivity contribution is 7.89. The van der Waals surface area contributed by atoms with Gasteiger partial charge in [-0.3, -0.25) is 4.79 Å². The van der Waals surface area contributed by atoms with E-state index < -0.39 is 28.0 Å². The number of hydrogen-bond donors (Lipinski definition) is 2. The first-order valence-electron chi connectivity index (χ1n) is 6.28. The fraction of sp³-hybridized carbons (Fsp3) is 0.385. The standard InChI is InChI=1S/C13H13ClN2O4S/c14-12-6-11(4-2-9(12)7-15)21(19,20)16-10-3-1-8(5-10)13(17)18/h2,4,6,8,10,16H,1,3,5H2,(H,17,18). The van der Waals surface area contributed by atoms with Gasteiger partial charge in [0.25, 0.3) is 0 Å². The second-order valence-corrected chi connectivity index (χ2v) is 7.04. The van der Waals surface area contributed by atoms with E-state index in [9.17, 15) is 13.2 Å².